The number of hydrogen-bond donors (Lipinski definition) is 0. The molecule has 0 amide bonds. The zero-order valence-corrected chi connectivity index (χ0v) is 15.6. The number of halogens is 1. The van der Waals surface area contributed by atoms with Gasteiger partial charge in [-0.25, -0.2) is 4.79 Å². The third kappa shape index (κ3) is 6.52. The minimum atomic E-state index is -0.537. The maximum atomic E-state index is 12.2. The molecular formula is C21H23ClO4. The normalized spacial score (nSPS) is 10.4. The molecule has 0 atom stereocenters. The molecule has 2 aromatic rings. The van der Waals surface area contributed by atoms with Gasteiger partial charge < -0.3 is 9.47 Å². The van der Waals surface area contributed by atoms with Gasteiger partial charge in [-0.05, 0) is 42.8 Å². The first kappa shape index (κ1) is 20.0. The molecule has 0 saturated heterocycles. The maximum Gasteiger partial charge on any atom is 0.343 e. The average Bonchev–Trinajstić information content (AvgIpc) is 2.63. The Kier molecular flexibility index (Phi) is 8.16. The Morgan fingerprint density at radius 2 is 1.46 bits per heavy atom. The summed E-state index contributed by atoms with van der Waals surface area (Å²) in [6, 6.07) is 13.0. The molecule has 5 heteroatoms. The minimum absolute atomic E-state index is 0.215. The van der Waals surface area contributed by atoms with E-state index in [0.717, 1.165) is 25.7 Å². The second kappa shape index (κ2) is 10.6. The van der Waals surface area contributed by atoms with Gasteiger partial charge in [-0.2, -0.15) is 0 Å². The van der Waals surface area contributed by atoms with Crippen LogP contribution in [0.25, 0.3) is 0 Å². The van der Waals surface area contributed by atoms with Crippen molar-refractivity contribution in [1.29, 1.82) is 0 Å². The number of carbonyl (C=O) groups is 2. The summed E-state index contributed by atoms with van der Waals surface area (Å²) in [5, 5.41) is 0.537. The first-order valence-electron chi connectivity index (χ1n) is 8.87. The molecule has 0 aromatic heterocycles. The molecule has 0 N–H and O–H groups in total. The fourth-order valence-electron chi connectivity index (χ4n) is 2.41. The van der Waals surface area contributed by atoms with Crippen LogP contribution in [0.15, 0.2) is 48.5 Å². The van der Waals surface area contributed by atoms with Crippen molar-refractivity contribution in [2.45, 2.75) is 45.4 Å². The fourth-order valence-corrected chi connectivity index (χ4v) is 2.54. The van der Waals surface area contributed by atoms with Gasteiger partial charge in [0.25, 0.3) is 0 Å². The molecule has 2 rings (SSSR count). The molecule has 0 fully saturated rings. The van der Waals surface area contributed by atoms with Crippen LogP contribution in [0.1, 0.15) is 55.8 Å². The average molecular weight is 375 g/mol. The van der Waals surface area contributed by atoms with Crippen LogP contribution >= 0.6 is 11.6 Å². The molecule has 0 bridgehead atoms. The molecule has 0 radical (unpaired) electrons. The quantitative estimate of drug-likeness (QED) is 0.315. The van der Waals surface area contributed by atoms with Gasteiger partial charge in [0, 0.05) is 11.4 Å². The molecule has 0 aliphatic carbocycles. The van der Waals surface area contributed by atoms with Gasteiger partial charge in [0.05, 0.1) is 5.56 Å². The van der Waals surface area contributed by atoms with Crippen molar-refractivity contribution in [3.8, 4) is 11.5 Å². The highest BCUT2D eigenvalue weighted by Gasteiger charge is 2.14. The van der Waals surface area contributed by atoms with Gasteiger partial charge in [0.15, 0.2) is 11.5 Å². The number of carbonyl (C=O) groups excluding carboxylic acids is 2. The second-order valence-electron chi connectivity index (χ2n) is 5.98. The number of benzene rings is 2. The minimum Gasteiger partial charge on any atom is -0.423 e. The van der Waals surface area contributed by atoms with Crippen molar-refractivity contribution in [2.75, 3.05) is 0 Å². The van der Waals surface area contributed by atoms with E-state index in [-0.39, 0.29) is 17.5 Å². The van der Waals surface area contributed by atoms with Crippen LogP contribution in [0.5, 0.6) is 11.5 Å². The molecule has 0 heterocycles. The van der Waals surface area contributed by atoms with Crippen molar-refractivity contribution in [2.24, 2.45) is 0 Å². The van der Waals surface area contributed by atoms with E-state index in [1.165, 1.54) is 6.42 Å². The molecular weight excluding hydrogens is 352 g/mol. The van der Waals surface area contributed by atoms with Crippen molar-refractivity contribution in [3.05, 3.63) is 59.1 Å². The van der Waals surface area contributed by atoms with E-state index in [1.807, 2.05) is 0 Å². The molecule has 2 aromatic carbocycles. The summed E-state index contributed by atoms with van der Waals surface area (Å²) in [4.78, 5) is 24.2. The lowest BCUT2D eigenvalue weighted by molar-refractivity contribution is -0.134. The van der Waals surface area contributed by atoms with Gasteiger partial charge in [-0.3, -0.25) is 4.79 Å². The molecule has 0 saturated carbocycles. The van der Waals surface area contributed by atoms with Crippen LogP contribution in [0, 0.1) is 0 Å². The van der Waals surface area contributed by atoms with E-state index in [0.29, 0.717) is 17.0 Å². The lowest BCUT2D eigenvalue weighted by atomic mass is 10.1. The van der Waals surface area contributed by atoms with Crippen LogP contribution < -0.4 is 9.47 Å². The van der Waals surface area contributed by atoms with E-state index in [1.54, 1.807) is 48.5 Å². The highest BCUT2D eigenvalue weighted by Crippen LogP contribution is 2.28. The standard InChI is InChI=1S/C21H23ClO4/c1-2-3-4-5-6-11-20(23)25-18-9-7-8-10-19(18)26-21(24)16-12-14-17(22)15-13-16/h7-10,12-15H,2-6,11H2,1H3. The van der Waals surface area contributed by atoms with Crippen molar-refractivity contribution >= 4 is 23.5 Å². The topological polar surface area (TPSA) is 52.6 Å². The third-order valence-corrected chi connectivity index (χ3v) is 4.09. The van der Waals surface area contributed by atoms with Crippen molar-refractivity contribution < 1.29 is 19.1 Å². The van der Waals surface area contributed by atoms with E-state index in [4.69, 9.17) is 21.1 Å². The molecule has 0 spiro atoms. The lowest BCUT2D eigenvalue weighted by Gasteiger charge is -2.10. The predicted octanol–water partition coefficient (Wildman–Crippen LogP) is 5.83. The largest absolute Gasteiger partial charge is 0.423 e. The van der Waals surface area contributed by atoms with Crippen molar-refractivity contribution in [1.82, 2.24) is 0 Å². The van der Waals surface area contributed by atoms with Gasteiger partial charge in [0.1, 0.15) is 0 Å². The van der Waals surface area contributed by atoms with Crippen LogP contribution in [0.2, 0.25) is 5.02 Å². The predicted molar refractivity (Wildman–Crippen MR) is 102 cm³/mol. The van der Waals surface area contributed by atoms with Crippen LogP contribution in [-0.2, 0) is 4.79 Å². The summed E-state index contributed by atoms with van der Waals surface area (Å²) >= 11 is 5.82. The van der Waals surface area contributed by atoms with Crippen LogP contribution in [-0.4, -0.2) is 11.9 Å². The monoisotopic (exact) mass is 374 g/mol. The third-order valence-electron chi connectivity index (χ3n) is 3.84. The van der Waals surface area contributed by atoms with E-state index < -0.39 is 5.97 Å². The zero-order valence-electron chi connectivity index (χ0n) is 14.9. The highest BCUT2D eigenvalue weighted by atomic mass is 35.5. The van der Waals surface area contributed by atoms with E-state index >= 15 is 0 Å². The summed E-state index contributed by atoms with van der Waals surface area (Å²) < 4.78 is 10.7. The molecule has 138 valence electrons. The lowest BCUT2D eigenvalue weighted by Crippen LogP contribution is -2.12. The van der Waals surface area contributed by atoms with E-state index in [9.17, 15) is 9.59 Å². The summed E-state index contributed by atoms with van der Waals surface area (Å²) in [7, 11) is 0. The number of rotatable bonds is 9. The Hall–Kier alpha value is -2.33. The van der Waals surface area contributed by atoms with Gasteiger partial charge in [-0.1, -0.05) is 56.3 Å². The summed E-state index contributed by atoms with van der Waals surface area (Å²) in [5.41, 5.74) is 0.367. The Morgan fingerprint density at radius 3 is 2.12 bits per heavy atom. The molecule has 0 aliphatic rings. The van der Waals surface area contributed by atoms with Gasteiger partial charge in [-0.15, -0.1) is 0 Å². The molecule has 0 aliphatic heterocycles. The molecule has 26 heavy (non-hydrogen) atoms. The van der Waals surface area contributed by atoms with Gasteiger partial charge >= 0.3 is 11.9 Å². The number of esters is 2. The fraction of sp³-hybridized carbons (Fsp3) is 0.333. The number of unbranched alkanes of at least 4 members (excludes halogenated alkanes) is 4. The Balaban J connectivity index is 1.93. The zero-order chi connectivity index (χ0) is 18.8. The number of para-hydroxylation sites is 2. The van der Waals surface area contributed by atoms with E-state index in [2.05, 4.69) is 6.92 Å². The molecule has 0 unspecified atom stereocenters. The first-order chi connectivity index (χ1) is 12.6. The maximum absolute atomic E-state index is 12.2. The Labute approximate surface area is 159 Å². The Bertz CT molecular complexity index is 725. The Morgan fingerprint density at radius 1 is 0.846 bits per heavy atom. The summed E-state index contributed by atoms with van der Waals surface area (Å²) in [6.45, 7) is 2.15. The summed E-state index contributed by atoms with van der Waals surface area (Å²) in [5.74, 6) is -0.402. The number of hydrogen-bond acceptors (Lipinski definition) is 4. The smallest absolute Gasteiger partial charge is 0.343 e. The summed E-state index contributed by atoms with van der Waals surface area (Å²) in [6.07, 6.45) is 5.62. The SMILES string of the molecule is CCCCCCCC(=O)Oc1ccccc1OC(=O)c1ccc(Cl)cc1. The van der Waals surface area contributed by atoms with Crippen LogP contribution in [0.3, 0.4) is 0 Å². The number of ether oxygens (including phenoxy) is 2. The molecule has 4 nitrogen and oxygen atoms in total. The van der Waals surface area contributed by atoms with Crippen LogP contribution in [0.4, 0.5) is 0 Å². The van der Waals surface area contributed by atoms with Crippen molar-refractivity contribution in [3.63, 3.8) is 0 Å². The highest BCUT2D eigenvalue weighted by molar-refractivity contribution is 6.30. The second-order valence-corrected chi connectivity index (χ2v) is 6.42. The first-order valence-corrected chi connectivity index (χ1v) is 9.25. The van der Waals surface area contributed by atoms with Gasteiger partial charge in [0.2, 0.25) is 0 Å².